The average Bonchev–Trinajstić information content (AvgIpc) is 3.36. The fourth-order valence-electron chi connectivity index (χ4n) is 3.93. The Morgan fingerprint density at radius 3 is 2.81 bits per heavy atom. The summed E-state index contributed by atoms with van der Waals surface area (Å²) in [5.74, 6) is 0.352. The predicted molar refractivity (Wildman–Crippen MR) is 100 cm³/mol. The molecular formula is C18H16FN5O8. The monoisotopic (exact) mass is 449 g/mol. The Morgan fingerprint density at radius 1 is 1.50 bits per heavy atom. The van der Waals surface area contributed by atoms with Gasteiger partial charge < -0.3 is 34.3 Å². The summed E-state index contributed by atoms with van der Waals surface area (Å²) in [7, 11) is 0. The van der Waals surface area contributed by atoms with E-state index in [9.17, 15) is 24.2 Å². The summed E-state index contributed by atoms with van der Waals surface area (Å²) in [5.41, 5.74) is 1.26. The van der Waals surface area contributed by atoms with Crippen molar-refractivity contribution < 1.29 is 37.7 Å². The highest BCUT2D eigenvalue weighted by atomic mass is 19.1. The van der Waals surface area contributed by atoms with Crippen LogP contribution in [0.15, 0.2) is 20.0 Å². The van der Waals surface area contributed by atoms with E-state index in [4.69, 9.17) is 30.5 Å². The van der Waals surface area contributed by atoms with Gasteiger partial charge in [-0.3, -0.25) is 4.57 Å². The van der Waals surface area contributed by atoms with Gasteiger partial charge in [0, 0.05) is 6.42 Å². The second kappa shape index (κ2) is 7.04. The molecule has 0 saturated carbocycles. The van der Waals surface area contributed by atoms with Crippen LogP contribution in [0, 0.1) is 25.3 Å². The number of aromatic nitrogens is 4. The predicted octanol–water partition coefficient (Wildman–Crippen LogP) is 0.664. The van der Waals surface area contributed by atoms with Crippen LogP contribution in [0.2, 0.25) is 0 Å². The number of carboxylic acid groups (broad SMARTS) is 1. The molecule has 3 aromatic heterocycles. The Hall–Kier alpha value is -3.96. The third-order valence-corrected chi connectivity index (χ3v) is 5.34. The first kappa shape index (κ1) is 21.3. The number of nitrogens with zero attached hydrogens (tertiary/aromatic N) is 4. The molecule has 4 rings (SSSR count). The van der Waals surface area contributed by atoms with Gasteiger partial charge in [0.25, 0.3) is 0 Å². The summed E-state index contributed by atoms with van der Waals surface area (Å²) in [6.07, 6.45) is 1.12. The minimum Gasteiger partial charge on any atom is -0.450 e. The van der Waals surface area contributed by atoms with Crippen LogP contribution in [-0.4, -0.2) is 47.6 Å². The first-order chi connectivity index (χ1) is 15.0. The molecule has 1 aliphatic rings. The number of anilines is 1. The van der Waals surface area contributed by atoms with Crippen molar-refractivity contribution in [3.63, 3.8) is 0 Å². The van der Waals surface area contributed by atoms with E-state index in [1.165, 1.54) is 24.7 Å². The first-order valence-electron chi connectivity index (χ1n) is 9.04. The van der Waals surface area contributed by atoms with Gasteiger partial charge in [-0.05, 0) is 13.8 Å². The highest BCUT2D eigenvalue weighted by Crippen LogP contribution is 2.50. The number of fused-ring (bicyclic) bond motifs is 1. The van der Waals surface area contributed by atoms with E-state index in [1.54, 1.807) is 0 Å². The van der Waals surface area contributed by atoms with Gasteiger partial charge in [-0.2, -0.15) is 14.4 Å². The molecule has 0 radical (unpaired) electrons. The standard InChI is InChI=1S/C18H16FN5O8/c1-4-18(17(3,32-15(26)27)11-7(2)29-16(28)30-11)8(25)5-9(31-18)24-6-21-10-12(20)22-14(19)23-13(10)24/h1,6,8-9,25H,5H2,2-3H3,(H,26,27)(H2,20,22,23)/t8-,9+,17?,18+/m0/s1. The summed E-state index contributed by atoms with van der Waals surface area (Å²) in [6.45, 7) is 2.48. The van der Waals surface area contributed by atoms with Crippen LogP contribution in [0.4, 0.5) is 15.0 Å². The number of halogens is 1. The molecule has 13 nitrogen and oxygen atoms in total. The summed E-state index contributed by atoms with van der Waals surface area (Å²) >= 11 is 0. The molecule has 0 bridgehead atoms. The summed E-state index contributed by atoms with van der Waals surface area (Å²) in [6, 6.07) is 0. The Morgan fingerprint density at radius 2 is 2.22 bits per heavy atom. The topological polar surface area (TPSA) is 189 Å². The maximum atomic E-state index is 13.7. The Kier molecular flexibility index (Phi) is 4.68. The molecule has 1 saturated heterocycles. The number of aliphatic hydroxyl groups is 1. The maximum Gasteiger partial charge on any atom is 0.519 e. The summed E-state index contributed by atoms with van der Waals surface area (Å²) in [4.78, 5) is 34.2. The van der Waals surface area contributed by atoms with Crippen molar-refractivity contribution in [2.45, 2.75) is 43.8 Å². The number of nitrogens with two attached hydrogens (primary N) is 1. The molecule has 4 atom stereocenters. The van der Waals surface area contributed by atoms with E-state index in [0.717, 1.165) is 0 Å². The van der Waals surface area contributed by atoms with Crippen molar-refractivity contribution >= 4 is 23.1 Å². The van der Waals surface area contributed by atoms with Crippen LogP contribution in [0.1, 0.15) is 31.1 Å². The minimum atomic E-state index is -2.23. The highest BCUT2D eigenvalue weighted by molar-refractivity contribution is 5.81. The smallest absolute Gasteiger partial charge is 0.450 e. The number of aliphatic hydroxyl groups excluding tert-OH is 1. The van der Waals surface area contributed by atoms with Gasteiger partial charge in [0.15, 0.2) is 28.5 Å². The third-order valence-electron chi connectivity index (χ3n) is 5.34. The Balaban J connectivity index is 1.86. The number of rotatable bonds is 4. The molecule has 4 N–H and O–H groups in total. The number of hydrogen-bond donors (Lipinski definition) is 3. The molecule has 0 aliphatic carbocycles. The van der Waals surface area contributed by atoms with Gasteiger partial charge in [0.05, 0.1) is 6.33 Å². The average molecular weight is 449 g/mol. The SMILES string of the molecule is C#C[C@@]1(C(C)(OC(=O)O)c2oc(=O)oc2C)O[C@@H](n2cnc3c(N)nc(F)nc32)C[C@@H]1O. The van der Waals surface area contributed by atoms with E-state index >= 15 is 0 Å². The molecule has 0 aromatic carbocycles. The van der Waals surface area contributed by atoms with E-state index in [0.29, 0.717) is 0 Å². The molecule has 14 heteroatoms. The largest absolute Gasteiger partial charge is 0.519 e. The molecule has 1 unspecified atom stereocenters. The maximum absolute atomic E-state index is 13.7. The third kappa shape index (κ3) is 2.90. The lowest BCUT2D eigenvalue weighted by Crippen LogP contribution is -2.57. The van der Waals surface area contributed by atoms with E-state index in [1.807, 2.05) is 0 Å². The van der Waals surface area contributed by atoms with Crippen LogP contribution in [0.3, 0.4) is 0 Å². The number of hydrogen-bond acceptors (Lipinski definition) is 11. The quantitative estimate of drug-likeness (QED) is 0.287. The zero-order valence-electron chi connectivity index (χ0n) is 16.6. The summed E-state index contributed by atoms with van der Waals surface area (Å²) < 4.78 is 35.8. The first-order valence-corrected chi connectivity index (χ1v) is 9.04. The van der Waals surface area contributed by atoms with Crippen molar-refractivity contribution in [2.24, 2.45) is 0 Å². The number of ether oxygens (including phenoxy) is 2. The number of imidazole rings is 1. The molecule has 32 heavy (non-hydrogen) atoms. The number of carbonyl (C=O) groups is 1. The Labute approximate surface area is 177 Å². The van der Waals surface area contributed by atoms with Crippen LogP contribution < -0.4 is 11.6 Å². The lowest BCUT2D eigenvalue weighted by Gasteiger charge is -2.40. The van der Waals surface area contributed by atoms with Crippen molar-refractivity contribution in [2.75, 3.05) is 5.73 Å². The normalized spacial score (nSPS) is 24.8. The molecule has 3 aromatic rings. The van der Waals surface area contributed by atoms with Crippen molar-refractivity contribution in [1.82, 2.24) is 19.5 Å². The molecule has 168 valence electrons. The van der Waals surface area contributed by atoms with E-state index in [-0.39, 0.29) is 29.2 Å². The minimum absolute atomic E-state index is 0.0492. The van der Waals surface area contributed by atoms with Crippen LogP contribution in [0.5, 0.6) is 0 Å². The van der Waals surface area contributed by atoms with Crippen molar-refractivity contribution in [1.29, 1.82) is 0 Å². The molecule has 1 fully saturated rings. The van der Waals surface area contributed by atoms with Crippen molar-refractivity contribution in [3.05, 3.63) is 34.5 Å². The second-order valence-electron chi connectivity index (χ2n) is 7.15. The molecule has 4 heterocycles. The number of nitrogen functional groups attached to an aromatic ring is 1. The second-order valence-corrected chi connectivity index (χ2v) is 7.15. The van der Waals surface area contributed by atoms with Gasteiger partial charge in [-0.1, -0.05) is 5.92 Å². The molecule has 0 spiro atoms. The highest BCUT2D eigenvalue weighted by Gasteiger charge is 2.65. The van der Waals surface area contributed by atoms with Gasteiger partial charge in [-0.25, -0.2) is 14.6 Å². The fraction of sp³-hybridized carbons (Fsp3) is 0.389. The fourth-order valence-corrected chi connectivity index (χ4v) is 3.93. The van der Waals surface area contributed by atoms with Gasteiger partial charge in [0.1, 0.15) is 12.3 Å². The van der Waals surface area contributed by atoms with E-state index in [2.05, 4.69) is 20.9 Å². The van der Waals surface area contributed by atoms with E-state index < -0.39 is 47.4 Å². The van der Waals surface area contributed by atoms with Crippen LogP contribution in [0.25, 0.3) is 11.2 Å². The zero-order valence-corrected chi connectivity index (χ0v) is 16.6. The number of aryl methyl sites for hydroxylation is 1. The molecule has 0 amide bonds. The van der Waals surface area contributed by atoms with Gasteiger partial charge in [0.2, 0.25) is 11.2 Å². The molecule has 1 aliphatic heterocycles. The summed E-state index contributed by atoms with van der Waals surface area (Å²) in [5, 5.41) is 20.3. The van der Waals surface area contributed by atoms with Crippen molar-refractivity contribution in [3.8, 4) is 12.3 Å². The van der Waals surface area contributed by atoms with Gasteiger partial charge in [-0.15, -0.1) is 6.42 Å². The zero-order chi connectivity index (χ0) is 23.4. The van der Waals surface area contributed by atoms with Crippen LogP contribution in [-0.2, 0) is 15.1 Å². The van der Waals surface area contributed by atoms with Gasteiger partial charge >= 0.3 is 18.1 Å². The lowest BCUT2D eigenvalue weighted by molar-refractivity contribution is -0.192. The molecular weight excluding hydrogens is 433 g/mol. The van der Waals surface area contributed by atoms with Crippen LogP contribution >= 0.6 is 0 Å². The lowest BCUT2D eigenvalue weighted by atomic mass is 9.78. The Bertz CT molecular complexity index is 1330. The number of terminal acetylenes is 1.